The molecule has 0 bridgehead atoms. The molecule has 0 saturated carbocycles. The van der Waals surface area contributed by atoms with Crippen LogP contribution < -0.4 is 14.2 Å². The Morgan fingerprint density at radius 2 is 1.11 bits per heavy atom. The molecule has 1 aliphatic heterocycles. The van der Waals surface area contributed by atoms with Gasteiger partial charge in [-0.3, -0.25) is 4.90 Å². The molecule has 6 aromatic rings. The molecule has 0 atom stereocenters. The van der Waals surface area contributed by atoms with E-state index < -0.39 is 0 Å². The van der Waals surface area contributed by atoms with Gasteiger partial charge in [0, 0.05) is 29.7 Å². The van der Waals surface area contributed by atoms with Crippen molar-refractivity contribution in [1.29, 1.82) is 0 Å². The summed E-state index contributed by atoms with van der Waals surface area (Å²) in [5.41, 5.74) is 6.98. The number of benzene rings is 5. The molecule has 1 fully saturated rings. The van der Waals surface area contributed by atoms with Crippen molar-refractivity contribution < 1.29 is 14.2 Å². The van der Waals surface area contributed by atoms with E-state index >= 15 is 0 Å². The van der Waals surface area contributed by atoms with E-state index in [1.54, 1.807) is 0 Å². The Kier molecular flexibility index (Phi) is 9.82. The van der Waals surface area contributed by atoms with Crippen molar-refractivity contribution in [2.24, 2.45) is 0 Å². The number of hydrogen-bond donors (Lipinski definition) is 0. The quantitative estimate of drug-likeness (QED) is 0.129. The highest BCUT2D eigenvalue weighted by Crippen LogP contribution is 2.33. The molecule has 0 unspecified atom stereocenters. The third-order valence-corrected chi connectivity index (χ3v) is 8.91. The largest absolute Gasteiger partial charge is 0.492 e. The molecule has 47 heavy (non-hydrogen) atoms. The van der Waals surface area contributed by atoms with Crippen molar-refractivity contribution in [3.63, 3.8) is 0 Å². The van der Waals surface area contributed by atoms with Gasteiger partial charge in [0.1, 0.15) is 37.1 Å². The lowest BCUT2D eigenvalue weighted by Crippen LogP contribution is -2.33. The van der Waals surface area contributed by atoms with E-state index in [0.717, 1.165) is 64.7 Å². The summed E-state index contributed by atoms with van der Waals surface area (Å²) in [6.45, 7) is 5.93. The normalized spacial score (nSPS) is 13.4. The van der Waals surface area contributed by atoms with Crippen molar-refractivity contribution in [3.05, 3.63) is 150 Å². The van der Waals surface area contributed by atoms with Crippen molar-refractivity contribution in [1.82, 2.24) is 9.47 Å². The van der Waals surface area contributed by atoms with Crippen molar-refractivity contribution in [2.45, 2.75) is 39.0 Å². The van der Waals surface area contributed by atoms with E-state index in [0.29, 0.717) is 13.2 Å². The smallest absolute Gasteiger partial charge is 0.120 e. The molecule has 0 N–H and O–H groups in total. The van der Waals surface area contributed by atoms with Crippen molar-refractivity contribution >= 4 is 10.9 Å². The van der Waals surface area contributed by atoms with Crippen LogP contribution in [0.5, 0.6) is 17.2 Å². The van der Waals surface area contributed by atoms with Gasteiger partial charge in [-0.25, -0.2) is 0 Å². The highest BCUT2D eigenvalue weighted by atomic mass is 16.5. The van der Waals surface area contributed by atoms with Crippen LogP contribution in [0.25, 0.3) is 22.2 Å². The fourth-order valence-electron chi connectivity index (χ4n) is 6.30. The highest BCUT2D eigenvalue weighted by molar-refractivity contribution is 5.88. The maximum atomic E-state index is 6.19. The maximum absolute atomic E-state index is 6.19. The highest BCUT2D eigenvalue weighted by Gasteiger charge is 2.14. The van der Waals surface area contributed by atoms with Crippen molar-refractivity contribution in [2.75, 3.05) is 26.2 Å². The standard InChI is InChI=1S/C42H42N2O3/c1-4-10-34(11-5-1)31-46-39-20-16-36(17-21-39)42-29-37-28-40(47-32-35-12-6-2-7-13-35)22-23-41(37)44(42)30-33-14-18-38(19-15-33)45-27-26-43-24-8-3-9-25-43/h1-2,4-7,10-23,28-29H,3,8-9,24-27,30-32H2. The molecule has 7 rings (SSSR count). The van der Waals surface area contributed by atoms with Gasteiger partial charge in [-0.15, -0.1) is 0 Å². The van der Waals surface area contributed by atoms with Crippen LogP contribution in [0, 0.1) is 0 Å². The first-order valence-electron chi connectivity index (χ1n) is 16.8. The van der Waals surface area contributed by atoms with E-state index in [1.807, 2.05) is 36.4 Å². The zero-order chi connectivity index (χ0) is 31.7. The van der Waals surface area contributed by atoms with E-state index in [1.165, 1.54) is 43.4 Å². The number of likely N-dealkylation sites (tertiary alicyclic amines) is 1. The summed E-state index contributed by atoms with van der Waals surface area (Å²) in [7, 11) is 0. The van der Waals surface area contributed by atoms with Gasteiger partial charge in [0.05, 0.1) is 0 Å². The second-order valence-corrected chi connectivity index (χ2v) is 12.3. The van der Waals surface area contributed by atoms with Gasteiger partial charge in [0.2, 0.25) is 0 Å². The number of nitrogens with zero attached hydrogens (tertiary/aromatic N) is 2. The zero-order valence-electron chi connectivity index (χ0n) is 26.9. The van der Waals surface area contributed by atoms with Crippen LogP contribution in [0.2, 0.25) is 0 Å². The van der Waals surface area contributed by atoms with Gasteiger partial charge in [0.15, 0.2) is 0 Å². The molecule has 1 saturated heterocycles. The van der Waals surface area contributed by atoms with E-state index in [4.69, 9.17) is 14.2 Å². The predicted octanol–water partition coefficient (Wildman–Crippen LogP) is 9.38. The molecule has 238 valence electrons. The van der Waals surface area contributed by atoms with Crippen LogP contribution in [0.1, 0.15) is 36.0 Å². The summed E-state index contributed by atoms with van der Waals surface area (Å²) in [5, 5.41) is 1.15. The van der Waals surface area contributed by atoms with Gasteiger partial charge in [-0.05, 0) is 109 Å². The Bertz CT molecular complexity index is 1840. The number of ether oxygens (including phenoxy) is 3. The van der Waals surface area contributed by atoms with E-state index in [2.05, 4.69) is 107 Å². The fraction of sp³-hybridized carbons (Fsp3) is 0.238. The van der Waals surface area contributed by atoms with Crippen LogP contribution in [0.3, 0.4) is 0 Å². The molecular formula is C42H42N2O3. The first kappa shape index (κ1) is 30.6. The van der Waals surface area contributed by atoms with Crippen LogP contribution in [-0.4, -0.2) is 35.7 Å². The fourth-order valence-corrected chi connectivity index (χ4v) is 6.30. The summed E-state index contributed by atoms with van der Waals surface area (Å²) >= 11 is 0. The number of hydrogen-bond acceptors (Lipinski definition) is 4. The van der Waals surface area contributed by atoms with Gasteiger partial charge >= 0.3 is 0 Å². The Morgan fingerprint density at radius 1 is 0.511 bits per heavy atom. The topological polar surface area (TPSA) is 35.9 Å². The lowest BCUT2D eigenvalue weighted by Gasteiger charge is -2.26. The number of aromatic nitrogens is 1. The van der Waals surface area contributed by atoms with Crippen LogP contribution in [0.15, 0.2) is 133 Å². The molecule has 0 spiro atoms. The number of fused-ring (bicyclic) bond motifs is 1. The molecular weight excluding hydrogens is 580 g/mol. The van der Waals surface area contributed by atoms with Gasteiger partial charge in [0.25, 0.3) is 0 Å². The molecule has 1 aliphatic rings. The van der Waals surface area contributed by atoms with Gasteiger partial charge in [-0.2, -0.15) is 0 Å². The zero-order valence-corrected chi connectivity index (χ0v) is 26.9. The summed E-state index contributed by atoms with van der Waals surface area (Å²) in [5.74, 6) is 2.64. The lowest BCUT2D eigenvalue weighted by molar-refractivity contribution is 0.183. The van der Waals surface area contributed by atoms with Gasteiger partial charge < -0.3 is 18.8 Å². The summed E-state index contributed by atoms with van der Waals surface area (Å²) in [6, 6.07) is 46.2. The molecule has 5 nitrogen and oxygen atoms in total. The average Bonchev–Trinajstić information content (AvgIpc) is 3.49. The minimum absolute atomic E-state index is 0.538. The lowest BCUT2D eigenvalue weighted by atomic mass is 10.1. The van der Waals surface area contributed by atoms with Crippen molar-refractivity contribution in [3.8, 4) is 28.5 Å². The monoisotopic (exact) mass is 622 g/mol. The Labute approximate surface area is 278 Å². The third kappa shape index (κ3) is 8.05. The molecule has 0 amide bonds. The first-order valence-corrected chi connectivity index (χ1v) is 16.8. The Balaban J connectivity index is 1.10. The Hall–Kier alpha value is -5.00. The van der Waals surface area contributed by atoms with E-state index in [-0.39, 0.29) is 0 Å². The summed E-state index contributed by atoms with van der Waals surface area (Å²) < 4.78 is 20.8. The van der Waals surface area contributed by atoms with E-state index in [9.17, 15) is 0 Å². The number of piperidine rings is 1. The minimum Gasteiger partial charge on any atom is -0.492 e. The van der Waals surface area contributed by atoms with Gasteiger partial charge in [-0.1, -0.05) is 79.2 Å². The summed E-state index contributed by atoms with van der Waals surface area (Å²) in [6.07, 6.45) is 3.97. The maximum Gasteiger partial charge on any atom is 0.120 e. The van der Waals surface area contributed by atoms with Crippen LogP contribution >= 0.6 is 0 Å². The summed E-state index contributed by atoms with van der Waals surface area (Å²) in [4.78, 5) is 2.51. The molecule has 0 radical (unpaired) electrons. The molecule has 0 aliphatic carbocycles. The first-order chi connectivity index (χ1) is 23.3. The predicted molar refractivity (Wildman–Crippen MR) is 190 cm³/mol. The second kappa shape index (κ2) is 15.1. The molecule has 5 aromatic carbocycles. The Morgan fingerprint density at radius 3 is 1.79 bits per heavy atom. The third-order valence-electron chi connectivity index (χ3n) is 8.91. The molecule has 5 heteroatoms. The minimum atomic E-state index is 0.538. The molecule has 1 aromatic heterocycles. The second-order valence-electron chi connectivity index (χ2n) is 12.3. The molecule has 2 heterocycles. The average molecular weight is 623 g/mol. The van der Waals surface area contributed by atoms with Crippen LogP contribution in [0.4, 0.5) is 0 Å². The SMILES string of the molecule is c1ccc(COc2ccc(-c3cc4cc(OCc5ccccc5)ccc4n3Cc3ccc(OCCN4CCCCC4)cc3)cc2)cc1. The van der Waals surface area contributed by atoms with Crippen LogP contribution in [-0.2, 0) is 19.8 Å². The number of rotatable bonds is 13.